The molecular formula is C10H7N3O2. The van der Waals surface area contributed by atoms with Crippen LogP contribution in [0.25, 0.3) is 0 Å². The Balaban J connectivity index is 2.33. The van der Waals surface area contributed by atoms with E-state index in [9.17, 15) is 9.59 Å². The van der Waals surface area contributed by atoms with E-state index in [-0.39, 0.29) is 11.5 Å². The summed E-state index contributed by atoms with van der Waals surface area (Å²) in [6.45, 7) is 0. The van der Waals surface area contributed by atoms with E-state index in [0.717, 1.165) is 6.21 Å². The van der Waals surface area contributed by atoms with Crippen molar-refractivity contribution >= 4 is 29.4 Å². The zero-order valence-electron chi connectivity index (χ0n) is 7.68. The smallest absolute Gasteiger partial charge is 0.367 e. The van der Waals surface area contributed by atoms with Gasteiger partial charge in [-0.25, -0.2) is 4.79 Å². The van der Waals surface area contributed by atoms with Gasteiger partial charge in [0.1, 0.15) is 5.71 Å². The highest BCUT2D eigenvalue weighted by molar-refractivity contribution is 6.67. The summed E-state index contributed by atoms with van der Waals surface area (Å²) in [7, 11) is 0. The SMILES string of the molecule is Nc1cccc(C(=O)C2=NC(=O)N=C2)c1. The fraction of sp³-hybridized carbons (Fsp3) is 0. The molecule has 0 aromatic heterocycles. The average molecular weight is 201 g/mol. The maximum Gasteiger partial charge on any atom is 0.367 e. The standard InChI is InChI=1S/C10H7N3O2/c11-7-3-1-2-6(4-7)9(14)8-5-12-10(15)13-8/h1-5H,11H2. The van der Waals surface area contributed by atoms with Crippen LogP contribution >= 0.6 is 0 Å². The van der Waals surface area contributed by atoms with Gasteiger partial charge in [0.2, 0.25) is 5.78 Å². The molecule has 15 heavy (non-hydrogen) atoms. The van der Waals surface area contributed by atoms with Gasteiger partial charge < -0.3 is 5.73 Å². The van der Waals surface area contributed by atoms with Crippen LogP contribution in [-0.2, 0) is 0 Å². The van der Waals surface area contributed by atoms with Crippen molar-refractivity contribution in [3.63, 3.8) is 0 Å². The molecule has 74 valence electrons. The van der Waals surface area contributed by atoms with Crippen molar-refractivity contribution in [1.29, 1.82) is 0 Å². The topological polar surface area (TPSA) is 84.9 Å². The first kappa shape index (κ1) is 9.26. The molecule has 5 heteroatoms. The average Bonchev–Trinajstić information content (AvgIpc) is 2.64. The molecule has 2 rings (SSSR count). The number of urea groups is 1. The maximum absolute atomic E-state index is 11.7. The van der Waals surface area contributed by atoms with Crippen LogP contribution in [0.2, 0.25) is 0 Å². The molecule has 0 saturated carbocycles. The summed E-state index contributed by atoms with van der Waals surface area (Å²) in [4.78, 5) is 29.2. The number of nitrogen functional groups attached to an aromatic ring is 1. The number of nitrogens with two attached hydrogens (primary N) is 1. The summed E-state index contributed by atoms with van der Waals surface area (Å²) in [5, 5.41) is 0. The third-order valence-electron chi connectivity index (χ3n) is 1.89. The Morgan fingerprint density at radius 2 is 2.13 bits per heavy atom. The van der Waals surface area contributed by atoms with Crippen LogP contribution in [0.15, 0.2) is 34.3 Å². The molecule has 1 aromatic rings. The van der Waals surface area contributed by atoms with Crippen LogP contribution in [0, 0.1) is 0 Å². The number of carbonyl (C=O) groups excluding carboxylic acids is 2. The Labute approximate surface area is 85.3 Å². The quantitative estimate of drug-likeness (QED) is 0.574. The van der Waals surface area contributed by atoms with Gasteiger partial charge in [0.15, 0.2) is 0 Å². The van der Waals surface area contributed by atoms with E-state index < -0.39 is 6.03 Å². The Kier molecular flexibility index (Phi) is 2.13. The lowest BCUT2D eigenvalue weighted by Gasteiger charge is -1.98. The molecule has 1 aromatic carbocycles. The second-order valence-electron chi connectivity index (χ2n) is 2.99. The highest BCUT2D eigenvalue weighted by atomic mass is 16.2. The molecule has 0 radical (unpaired) electrons. The molecule has 1 aliphatic rings. The highest BCUT2D eigenvalue weighted by Crippen LogP contribution is 2.09. The van der Waals surface area contributed by atoms with Crippen molar-refractivity contribution in [3.05, 3.63) is 29.8 Å². The Morgan fingerprint density at radius 1 is 1.33 bits per heavy atom. The van der Waals surface area contributed by atoms with Gasteiger partial charge in [0.25, 0.3) is 0 Å². The van der Waals surface area contributed by atoms with Gasteiger partial charge in [-0.2, -0.15) is 9.98 Å². The van der Waals surface area contributed by atoms with Crippen molar-refractivity contribution in [3.8, 4) is 0 Å². The minimum absolute atomic E-state index is 0.0469. The van der Waals surface area contributed by atoms with Gasteiger partial charge in [0.05, 0.1) is 6.21 Å². The summed E-state index contributed by atoms with van der Waals surface area (Å²) in [6, 6.07) is 5.82. The van der Waals surface area contributed by atoms with E-state index >= 15 is 0 Å². The van der Waals surface area contributed by atoms with Crippen molar-refractivity contribution < 1.29 is 9.59 Å². The number of aliphatic imine (C=N–C) groups is 2. The number of ketones is 1. The number of hydrogen-bond donors (Lipinski definition) is 1. The number of benzene rings is 1. The van der Waals surface area contributed by atoms with Gasteiger partial charge in [-0.05, 0) is 12.1 Å². The molecule has 0 bridgehead atoms. The second-order valence-corrected chi connectivity index (χ2v) is 2.99. The largest absolute Gasteiger partial charge is 0.399 e. The first-order valence-electron chi connectivity index (χ1n) is 4.24. The van der Waals surface area contributed by atoms with Crippen molar-refractivity contribution in [2.75, 3.05) is 5.73 Å². The lowest BCUT2D eigenvalue weighted by Crippen LogP contribution is -2.14. The van der Waals surface area contributed by atoms with E-state index in [0.29, 0.717) is 11.3 Å². The van der Waals surface area contributed by atoms with Gasteiger partial charge >= 0.3 is 6.03 Å². The van der Waals surface area contributed by atoms with E-state index in [1.54, 1.807) is 18.2 Å². The molecule has 5 nitrogen and oxygen atoms in total. The van der Waals surface area contributed by atoms with E-state index in [1.807, 2.05) is 0 Å². The molecule has 0 unspecified atom stereocenters. The van der Waals surface area contributed by atoms with Gasteiger partial charge in [-0.1, -0.05) is 12.1 Å². The normalized spacial score (nSPS) is 14.1. The van der Waals surface area contributed by atoms with Crippen LogP contribution in [0.1, 0.15) is 10.4 Å². The van der Waals surface area contributed by atoms with Crippen molar-refractivity contribution in [2.24, 2.45) is 9.98 Å². The van der Waals surface area contributed by atoms with Gasteiger partial charge in [-0.15, -0.1) is 0 Å². The maximum atomic E-state index is 11.7. The molecule has 0 saturated heterocycles. The van der Waals surface area contributed by atoms with Crippen LogP contribution in [0.4, 0.5) is 10.5 Å². The van der Waals surface area contributed by atoms with Crippen LogP contribution in [-0.4, -0.2) is 23.7 Å². The fourth-order valence-electron chi connectivity index (χ4n) is 1.21. The number of hydrogen-bond acceptors (Lipinski definition) is 3. The third-order valence-corrected chi connectivity index (χ3v) is 1.89. The summed E-state index contributed by atoms with van der Waals surface area (Å²) >= 11 is 0. The van der Waals surface area contributed by atoms with Crippen LogP contribution in [0.3, 0.4) is 0 Å². The van der Waals surface area contributed by atoms with Crippen molar-refractivity contribution in [2.45, 2.75) is 0 Å². The van der Waals surface area contributed by atoms with Gasteiger partial charge in [0, 0.05) is 11.3 Å². The van der Waals surface area contributed by atoms with E-state index in [2.05, 4.69) is 9.98 Å². The molecule has 1 heterocycles. The monoisotopic (exact) mass is 201 g/mol. The Morgan fingerprint density at radius 3 is 2.73 bits per heavy atom. The van der Waals surface area contributed by atoms with Crippen LogP contribution < -0.4 is 5.73 Å². The lowest BCUT2D eigenvalue weighted by molar-refractivity contribution is 0.106. The van der Waals surface area contributed by atoms with Crippen LogP contribution in [0.5, 0.6) is 0 Å². The minimum atomic E-state index is -0.651. The summed E-state index contributed by atoms with van der Waals surface area (Å²) in [6.07, 6.45) is 1.16. The minimum Gasteiger partial charge on any atom is -0.399 e. The molecule has 2 amide bonds. The first-order valence-corrected chi connectivity index (χ1v) is 4.24. The molecule has 0 fully saturated rings. The molecule has 2 N–H and O–H groups in total. The number of Topliss-reactive ketones (excluding diaryl/α,β-unsaturated/α-hetero) is 1. The summed E-state index contributed by atoms with van der Waals surface area (Å²) in [5.74, 6) is -0.350. The third kappa shape index (κ3) is 1.80. The predicted molar refractivity (Wildman–Crippen MR) is 56.5 cm³/mol. The zero-order valence-corrected chi connectivity index (χ0v) is 7.68. The fourth-order valence-corrected chi connectivity index (χ4v) is 1.21. The zero-order chi connectivity index (χ0) is 10.8. The van der Waals surface area contributed by atoms with E-state index in [4.69, 9.17) is 5.73 Å². The van der Waals surface area contributed by atoms with Gasteiger partial charge in [-0.3, -0.25) is 4.79 Å². The Bertz CT molecular complexity index is 503. The number of rotatable bonds is 2. The Hall–Kier alpha value is -2.30. The summed E-state index contributed by atoms with van der Waals surface area (Å²) in [5.41, 5.74) is 6.46. The molecular weight excluding hydrogens is 194 g/mol. The molecule has 1 aliphatic heterocycles. The number of nitrogens with zero attached hydrogens (tertiary/aromatic N) is 2. The predicted octanol–water partition coefficient (Wildman–Crippen LogP) is 1.10. The second kappa shape index (κ2) is 3.45. The highest BCUT2D eigenvalue weighted by Gasteiger charge is 2.17. The number of anilines is 1. The summed E-state index contributed by atoms with van der Waals surface area (Å²) < 4.78 is 0. The lowest BCUT2D eigenvalue weighted by atomic mass is 10.1. The molecule has 0 atom stereocenters. The molecule has 0 aliphatic carbocycles. The first-order chi connectivity index (χ1) is 7.16. The molecule has 0 spiro atoms. The van der Waals surface area contributed by atoms with Crippen molar-refractivity contribution in [1.82, 2.24) is 0 Å². The number of amides is 2. The van der Waals surface area contributed by atoms with E-state index in [1.165, 1.54) is 6.07 Å². The number of carbonyl (C=O) groups is 2.